The Morgan fingerprint density at radius 1 is 0.939 bits per heavy atom. The number of benzene rings is 3. The first-order valence-electron chi connectivity index (χ1n) is 10.9. The van der Waals surface area contributed by atoms with Crippen LogP contribution in [0.2, 0.25) is 0 Å². The molecule has 0 radical (unpaired) electrons. The molecule has 3 aromatic carbocycles. The highest BCUT2D eigenvalue weighted by molar-refractivity contribution is 7.89. The molecule has 1 amide bonds. The lowest BCUT2D eigenvalue weighted by Crippen LogP contribution is -2.35. The van der Waals surface area contributed by atoms with Crippen LogP contribution in [0, 0.1) is 6.92 Å². The Morgan fingerprint density at radius 2 is 1.70 bits per heavy atom. The Kier molecular flexibility index (Phi) is 5.55. The molecule has 2 heterocycles. The van der Waals surface area contributed by atoms with Crippen molar-refractivity contribution >= 4 is 21.6 Å². The number of para-hydroxylation sites is 1. The van der Waals surface area contributed by atoms with Crippen LogP contribution in [0.15, 0.2) is 65.6 Å². The number of piperidine rings is 1. The van der Waals surface area contributed by atoms with Crippen LogP contribution in [0.4, 0.5) is 5.69 Å². The molecule has 8 heteroatoms. The summed E-state index contributed by atoms with van der Waals surface area (Å²) in [5.74, 6) is 0.884. The van der Waals surface area contributed by atoms with Crippen molar-refractivity contribution in [3.63, 3.8) is 0 Å². The van der Waals surface area contributed by atoms with Crippen molar-refractivity contribution in [3.05, 3.63) is 71.8 Å². The molecule has 1 N–H and O–H groups in total. The van der Waals surface area contributed by atoms with Gasteiger partial charge in [0.05, 0.1) is 11.3 Å². The van der Waals surface area contributed by atoms with Gasteiger partial charge in [-0.2, -0.15) is 4.31 Å². The van der Waals surface area contributed by atoms with Crippen LogP contribution in [0.5, 0.6) is 23.0 Å². The number of ether oxygens (including phenoxy) is 2. The van der Waals surface area contributed by atoms with Crippen molar-refractivity contribution in [2.75, 3.05) is 18.4 Å². The number of fused-ring (bicyclic) bond motifs is 2. The number of carbonyl (C=O) groups excluding carboxylic acids is 1. The molecule has 0 atom stereocenters. The second-order valence-electron chi connectivity index (χ2n) is 8.23. The summed E-state index contributed by atoms with van der Waals surface area (Å²) in [6.07, 6.45) is 2.60. The minimum atomic E-state index is -3.88. The third kappa shape index (κ3) is 4.19. The summed E-state index contributed by atoms with van der Waals surface area (Å²) in [6, 6.07) is 17.3. The van der Waals surface area contributed by atoms with Gasteiger partial charge in [0, 0.05) is 19.2 Å². The summed E-state index contributed by atoms with van der Waals surface area (Å²) in [5.41, 5.74) is 1.63. The van der Waals surface area contributed by atoms with Crippen molar-refractivity contribution in [2.45, 2.75) is 31.1 Å². The zero-order valence-electron chi connectivity index (χ0n) is 18.2. The first-order chi connectivity index (χ1) is 15.9. The smallest absolute Gasteiger partial charge is 0.259 e. The summed E-state index contributed by atoms with van der Waals surface area (Å²) in [5, 5.41) is 2.83. The third-order valence-corrected chi connectivity index (χ3v) is 7.72. The highest BCUT2D eigenvalue weighted by Crippen LogP contribution is 2.42. The van der Waals surface area contributed by atoms with Crippen molar-refractivity contribution in [1.29, 1.82) is 0 Å². The van der Waals surface area contributed by atoms with Crippen LogP contribution in [0.1, 0.15) is 35.2 Å². The summed E-state index contributed by atoms with van der Waals surface area (Å²) in [4.78, 5) is 13.0. The molecule has 0 spiro atoms. The molecule has 1 fully saturated rings. The molecule has 2 aliphatic rings. The van der Waals surface area contributed by atoms with E-state index in [9.17, 15) is 13.2 Å². The number of nitrogens with one attached hydrogen (secondary N) is 1. The van der Waals surface area contributed by atoms with E-state index in [-0.39, 0.29) is 22.0 Å². The van der Waals surface area contributed by atoms with Crippen molar-refractivity contribution in [1.82, 2.24) is 4.31 Å². The van der Waals surface area contributed by atoms with E-state index < -0.39 is 15.9 Å². The number of hydrogen-bond donors (Lipinski definition) is 1. The van der Waals surface area contributed by atoms with Crippen LogP contribution >= 0.6 is 0 Å². The van der Waals surface area contributed by atoms with Gasteiger partial charge in [0.15, 0.2) is 11.5 Å². The maximum atomic E-state index is 13.6. The lowest BCUT2D eigenvalue weighted by Gasteiger charge is -2.27. The van der Waals surface area contributed by atoms with Crippen molar-refractivity contribution < 1.29 is 22.7 Å². The maximum absolute atomic E-state index is 13.6. The fraction of sp³-hybridized carbons (Fsp3) is 0.240. The van der Waals surface area contributed by atoms with E-state index in [2.05, 4.69) is 5.32 Å². The fourth-order valence-electron chi connectivity index (χ4n) is 4.08. The molecule has 0 unspecified atom stereocenters. The molecule has 3 aromatic rings. The number of amides is 1. The predicted octanol–water partition coefficient (Wildman–Crippen LogP) is 5.32. The molecule has 0 bridgehead atoms. The van der Waals surface area contributed by atoms with Crippen molar-refractivity contribution in [3.8, 4) is 23.0 Å². The predicted molar refractivity (Wildman–Crippen MR) is 125 cm³/mol. The van der Waals surface area contributed by atoms with Gasteiger partial charge in [0.2, 0.25) is 10.0 Å². The van der Waals surface area contributed by atoms with Gasteiger partial charge in [-0.25, -0.2) is 8.42 Å². The minimum Gasteiger partial charge on any atom is -0.456 e. The molecule has 33 heavy (non-hydrogen) atoms. The molecule has 7 nitrogen and oxygen atoms in total. The molecule has 0 saturated carbocycles. The Hall–Kier alpha value is -3.36. The Labute approximate surface area is 193 Å². The van der Waals surface area contributed by atoms with E-state index in [0.29, 0.717) is 30.3 Å². The number of nitrogens with zero attached hydrogens (tertiary/aromatic N) is 1. The van der Waals surface area contributed by atoms with Gasteiger partial charge in [-0.05, 0) is 55.7 Å². The zero-order chi connectivity index (χ0) is 23.0. The molecule has 170 valence electrons. The third-order valence-electron chi connectivity index (χ3n) is 5.80. The van der Waals surface area contributed by atoms with E-state index >= 15 is 0 Å². The van der Waals surface area contributed by atoms with Crippen LogP contribution < -0.4 is 14.8 Å². The summed E-state index contributed by atoms with van der Waals surface area (Å²) in [7, 11) is -3.88. The highest BCUT2D eigenvalue weighted by atomic mass is 32.2. The first kappa shape index (κ1) is 21.5. The highest BCUT2D eigenvalue weighted by Gasteiger charge is 2.33. The lowest BCUT2D eigenvalue weighted by molar-refractivity contribution is 0.102. The van der Waals surface area contributed by atoms with Gasteiger partial charge in [-0.15, -0.1) is 0 Å². The average molecular weight is 465 g/mol. The largest absolute Gasteiger partial charge is 0.456 e. The monoisotopic (exact) mass is 464 g/mol. The van der Waals surface area contributed by atoms with Gasteiger partial charge in [0.1, 0.15) is 16.4 Å². The first-order valence-corrected chi connectivity index (χ1v) is 12.4. The quantitative estimate of drug-likeness (QED) is 0.565. The number of hydrogen-bond acceptors (Lipinski definition) is 5. The second-order valence-corrected chi connectivity index (χ2v) is 10.1. The molecule has 5 rings (SSSR count). The normalized spacial score (nSPS) is 16.1. The summed E-state index contributed by atoms with van der Waals surface area (Å²) >= 11 is 0. The number of rotatable bonds is 4. The van der Waals surface area contributed by atoms with Crippen LogP contribution in [-0.2, 0) is 10.0 Å². The molecule has 2 aliphatic heterocycles. The maximum Gasteiger partial charge on any atom is 0.259 e. The van der Waals surface area contributed by atoms with Gasteiger partial charge in [-0.3, -0.25) is 4.79 Å². The standard InChI is InChI=1S/C25H24N2O5S/c1-17-10-11-21-20(14-17)26-25(28)19-15-24(33(29,30)27-12-6-3-7-13-27)23(16-22(19)32-21)31-18-8-4-2-5-9-18/h2,4-5,8-11,14-16H,3,6-7,12-13H2,1H3,(H,26,28). The Morgan fingerprint density at radius 3 is 2.45 bits per heavy atom. The van der Waals surface area contributed by atoms with E-state index in [1.54, 1.807) is 30.3 Å². The summed E-state index contributed by atoms with van der Waals surface area (Å²) in [6.45, 7) is 2.80. The molecular weight excluding hydrogens is 440 g/mol. The number of sulfonamides is 1. The lowest BCUT2D eigenvalue weighted by atomic mass is 10.1. The van der Waals surface area contributed by atoms with Gasteiger partial charge in [-0.1, -0.05) is 30.7 Å². The number of anilines is 1. The molecular formula is C25H24N2O5S. The topological polar surface area (TPSA) is 84.9 Å². The molecule has 0 aliphatic carbocycles. The number of aryl methyl sites for hydroxylation is 1. The van der Waals surface area contributed by atoms with Gasteiger partial charge >= 0.3 is 0 Å². The van der Waals surface area contributed by atoms with Crippen LogP contribution in [0.25, 0.3) is 0 Å². The summed E-state index contributed by atoms with van der Waals surface area (Å²) < 4.78 is 40.8. The average Bonchev–Trinajstić information content (AvgIpc) is 2.95. The second kappa shape index (κ2) is 8.53. The molecule has 0 aromatic heterocycles. The molecule has 1 saturated heterocycles. The SMILES string of the molecule is Cc1ccc2c(c1)NC(=O)c1cc(S(=O)(=O)N3CCCCC3)c(Oc3ccccc3)cc1O2. The fourth-order valence-corrected chi connectivity index (χ4v) is 5.72. The Bertz CT molecular complexity index is 1320. The van der Waals surface area contributed by atoms with E-state index in [0.717, 1.165) is 24.8 Å². The minimum absolute atomic E-state index is 0.0483. The van der Waals surface area contributed by atoms with Gasteiger partial charge < -0.3 is 14.8 Å². The van der Waals surface area contributed by atoms with E-state index in [1.807, 2.05) is 25.1 Å². The van der Waals surface area contributed by atoms with E-state index in [4.69, 9.17) is 9.47 Å². The van der Waals surface area contributed by atoms with Crippen LogP contribution in [0.3, 0.4) is 0 Å². The van der Waals surface area contributed by atoms with Crippen molar-refractivity contribution in [2.24, 2.45) is 0 Å². The Balaban J connectivity index is 1.65. The van der Waals surface area contributed by atoms with Gasteiger partial charge in [0.25, 0.3) is 5.91 Å². The number of carbonyl (C=O) groups is 1. The van der Waals surface area contributed by atoms with E-state index in [1.165, 1.54) is 16.4 Å². The zero-order valence-corrected chi connectivity index (χ0v) is 19.0. The van der Waals surface area contributed by atoms with Crippen LogP contribution in [-0.4, -0.2) is 31.7 Å².